The van der Waals surface area contributed by atoms with Gasteiger partial charge in [-0.3, -0.25) is 0 Å². The number of hydrogen-bond donors (Lipinski definition) is 0. The van der Waals surface area contributed by atoms with Gasteiger partial charge in [0.05, 0.1) is 0 Å². The second kappa shape index (κ2) is 16.1. The third-order valence-electron chi connectivity index (χ3n) is 12.7. The standard InChI is InChI=1S/C61H38N4OS/c1-4-14-39(15-5-1)40-24-26-43(27-25-40)60-62-59(42-16-6-2-7-17-42)63-61(64-60)45-29-28-44-36-52(57-51-21-10-12-22-54(51)66-58(57)53(44)37-45)41-30-32-47(33-31-41)65(46-18-8-3-9-19-46)48-34-35-50-49-20-11-13-23-55(49)67-56(50)38-48/h1-38H. The molecule has 0 aliphatic carbocycles. The molecule has 0 saturated heterocycles. The monoisotopic (exact) mass is 874 g/mol. The average Bonchev–Trinajstić information content (AvgIpc) is 3.98. The van der Waals surface area contributed by atoms with E-state index in [0.29, 0.717) is 17.5 Å². The number of furan rings is 1. The zero-order valence-corrected chi connectivity index (χ0v) is 36.9. The predicted octanol–water partition coefficient (Wildman–Crippen LogP) is 17.1. The second-order valence-electron chi connectivity index (χ2n) is 16.8. The number of fused-ring (bicyclic) bond motifs is 8. The third kappa shape index (κ3) is 6.90. The lowest BCUT2D eigenvalue weighted by Gasteiger charge is -2.25. The maximum Gasteiger partial charge on any atom is 0.164 e. The highest BCUT2D eigenvalue weighted by atomic mass is 32.1. The normalized spacial score (nSPS) is 11.6. The summed E-state index contributed by atoms with van der Waals surface area (Å²) in [5, 5.41) is 6.78. The Bertz CT molecular complexity index is 3960. The minimum Gasteiger partial charge on any atom is -0.455 e. The molecule has 67 heavy (non-hydrogen) atoms. The van der Waals surface area contributed by atoms with Crippen molar-refractivity contribution in [1.29, 1.82) is 0 Å². The summed E-state index contributed by atoms with van der Waals surface area (Å²) in [5.74, 6) is 1.82. The highest BCUT2D eigenvalue weighted by Gasteiger charge is 2.20. The van der Waals surface area contributed by atoms with Crippen molar-refractivity contribution in [3.8, 4) is 56.4 Å². The maximum atomic E-state index is 6.83. The van der Waals surface area contributed by atoms with E-state index in [4.69, 9.17) is 19.4 Å². The fourth-order valence-electron chi connectivity index (χ4n) is 9.44. The van der Waals surface area contributed by atoms with Crippen molar-refractivity contribution < 1.29 is 4.42 Å². The molecule has 13 rings (SSSR count). The van der Waals surface area contributed by atoms with E-state index in [1.807, 2.05) is 53.8 Å². The molecule has 10 aromatic carbocycles. The largest absolute Gasteiger partial charge is 0.455 e. The van der Waals surface area contributed by atoms with Crippen LogP contribution in [0.3, 0.4) is 0 Å². The molecule has 0 spiro atoms. The summed E-state index contributed by atoms with van der Waals surface area (Å²) in [6.45, 7) is 0. The highest BCUT2D eigenvalue weighted by Crippen LogP contribution is 2.45. The quantitative estimate of drug-likeness (QED) is 0.152. The summed E-state index contributed by atoms with van der Waals surface area (Å²) in [5.41, 5.74) is 12.2. The van der Waals surface area contributed by atoms with Gasteiger partial charge in [0, 0.05) is 70.1 Å². The van der Waals surface area contributed by atoms with Crippen LogP contribution in [-0.2, 0) is 0 Å². The molecule has 0 N–H and O–H groups in total. The Morgan fingerprint density at radius 1 is 0.343 bits per heavy atom. The molecule has 6 heteroatoms. The minimum atomic E-state index is 0.594. The van der Waals surface area contributed by atoms with Crippen LogP contribution in [0.5, 0.6) is 0 Å². The SMILES string of the molecule is c1ccc(-c2ccc(-c3nc(-c4ccccc4)nc(-c4ccc5cc(-c6ccc(N(c7ccccc7)c7ccc8c(c7)sc7ccccc78)cc6)c6c7ccccc7oc6c5c4)n3)cc2)cc1. The summed E-state index contributed by atoms with van der Waals surface area (Å²) < 4.78 is 9.40. The number of hydrogen-bond acceptors (Lipinski definition) is 6. The van der Waals surface area contributed by atoms with Crippen LogP contribution in [0.25, 0.3) is 109 Å². The Hall–Kier alpha value is -8.71. The second-order valence-corrected chi connectivity index (χ2v) is 17.9. The van der Waals surface area contributed by atoms with Crippen LogP contribution in [-0.4, -0.2) is 15.0 Å². The molecule has 0 bridgehead atoms. The summed E-state index contributed by atoms with van der Waals surface area (Å²) in [6, 6.07) is 81.1. The van der Waals surface area contributed by atoms with Crippen LogP contribution in [0.1, 0.15) is 0 Å². The Morgan fingerprint density at radius 3 is 1.61 bits per heavy atom. The number of nitrogens with zero attached hydrogens (tertiary/aromatic N) is 4. The lowest BCUT2D eigenvalue weighted by molar-refractivity contribution is 0.673. The summed E-state index contributed by atoms with van der Waals surface area (Å²) in [4.78, 5) is 17.6. The van der Waals surface area contributed by atoms with Crippen LogP contribution < -0.4 is 4.90 Å². The van der Waals surface area contributed by atoms with Gasteiger partial charge in [-0.15, -0.1) is 11.3 Å². The summed E-state index contributed by atoms with van der Waals surface area (Å²) in [7, 11) is 0. The van der Waals surface area contributed by atoms with Crippen LogP contribution in [0.4, 0.5) is 17.1 Å². The molecule has 5 nitrogen and oxygen atoms in total. The number of rotatable bonds is 8. The van der Waals surface area contributed by atoms with Crippen molar-refractivity contribution in [2.75, 3.05) is 4.90 Å². The first-order chi connectivity index (χ1) is 33.2. The van der Waals surface area contributed by atoms with Gasteiger partial charge in [-0.05, 0) is 88.3 Å². The number of para-hydroxylation sites is 2. The summed E-state index contributed by atoms with van der Waals surface area (Å²) in [6.07, 6.45) is 0. The molecule has 0 fully saturated rings. The zero-order valence-electron chi connectivity index (χ0n) is 36.0. The molecule has 0 aliphatic heterocycles. The molecule has 0 unspecified atom stereocenters. The van der Waals surface area contributed by atoms with E-state index in [-0.39, 0.29) is 0 Å². The van der Waals surface area contributed by atoms with E-state index in [1.54, 1.807) is 0 Å². The van der Waals surface area contributed by atoms with E-state index in [2.05, 4.69) is 193 Å². The van der Waals surface area contributed by atoms with E-state index in [0.717, 1.165) is 88.7 Å². The van der Waals surface area contributed by atoms with Crippen molar-refractivity contribution in [2.45, 2.75) is 0 Å². The van der Waals surface area contributed by atoms with E-state index in [1.165, 1.54) is 20.2 Å². The average molecular weight is 875 g/mol. The number of thiophene rings is 1. The van der Waals surface area contributed by atoms with Gasteiger partial charge in [-0.1, -0.05) is 170 Å². The maximum absolute atomic E-state index is 6.83. The van der Waals surface area contributed by atoms with Gasteiger partial charge in [-0.2, -0.15) is 0 Å². The first-order valence-corrected chi connectivity index (χ1v) is 23.2. The van der Waals surface area contributed by atoms with Crippen LogP contribution in [0.2, 0.25) is 0 Å². The first kappa shape index (κ1) is 38.7. The smallest absolute Gasteiger partial charge is 0.164 e. The number of benzene rings is 10. The van der Waals surface area contributed by atoms with Crippen LogP contribution in [0, 0.1) is 0 Å². The fourth-order valence-corrected chi connectivity index (χ4v) is 10.6. The molecule has 13 aromatic rings. The fraction of sp³-hybridized carbons (Fsp3) is 0. The zero-order chi connectivity index (χ0) is 44.3. The molecular formula is C61H38N4OS. The van der Waals surface area contributed by atoms with Crippen molar-refractivity contribution in [2.24, 2.45) is 0 Å². The molecule has 3 aromatic heterocycles. The van der Waals surface area contributed by atoms with Crippen LogP contribution >= 0.6 is 11.3 Å². The third-order valence-corrected chi connectivity index (χ3v) is 13.8. The molecule has 0 radical (unpaired) electrons. The Kier molecular flexibility index (Phi) is 9.29. The van der Waals surface area contributed by atoms with E-state index in [9.17, 15) is 0 Å². The van der Waals surface area contributed by atoms with Gasteiger partial charge >= 0.3 is 0 Å². The van der Waals surface area contributed by atoms with Gasteiger partial charge < -0.3 is 9.32 Å². The van der Waals surface area contributed by atoms with Crippen molar-refractivity contribution >= 4 is 81.3 Å². The van der Waals surface area contributed by atoms with Crippen LogP contribution in [0.15, 0.2) is 235 Å². The lowest BCUT2D eigenvalue weighted by Crippen LogP contribution is -2.09. The molecule has 314 valence electrons. The van der Waals surface area contributed by atoms with Crippen molar-refractivity contribution in [3.63, 3.8) is 0 Å². The Morgan fingerprint density at radius 2 is 0.866 bits per heavy atom. The minimum absolute atomic E-state index is 0.594. The topological polar surface area (TPSA) is 55.1 Å². The van der Waals surface area contributed by atoms with Crippen molar-refractivity contribution in [3.05, 3.63) is 231 Å². The number of anilines is 3. The molecule has 0 aliphatic rings. The molecule has 0 amide bonds. The number of aromatic nitrogens is 3. The lowest BCUT2D eigenvalue weighted by atomic mass is 9.94. The molecule has 0 atom stereocenters. The van der Waals surface area contributed by atoms with Gasteiger partial charge in [0.2, 0.25) is 0 Å². The van der Waals surface area contributed by atoms with Gasteiger partial charge in [0.15, 0.2) is 17.5 Å². The van der Waals surface area contributed by atoms with Gasteiger partial charge in [0.1, 0.15) is 11.2 Å². The predicted molar refractivity (Wildman–Crippen MR) is 279 cm³/mol. The highest BCUT2D eigenvalue weighted by molar-refractivity contribution is 7.25. The Labute approximate surface area is 390 Å². The van der Waals surface area contributed by atoms with Gasteiger partial charge in [0.25, 0.3) is 0 Å². The molecule has 0 saturated carbocycles. The Balaban J connectivity index is 0.922. The molecular weight excluding hydrogens is 837 g/mol. The first-order valence-electron chi connectivity index (χ1n) is 22.4. The summed E-state index contributed by atoms with van der Waals surface area (Å²) >= 11 is 1.84. The molecule has 3 heterocycles. The van der Waals surface area contributed by atoms with E-state index < -0.39 is 0 Å². The van der Waals surface area contributed by atoms with E-state index >= 15 is 0 Å². The van der Waals surface area contributed by atoms with Gasteiger partial charge in [-0.25, -0.2) is 15.0 Å². The van der Waals surface area contributed by atoms with Crippen molar-refractivity contribution in [1.82, 2.24) is 15.0 Å².